The maximum Gasteiger partial charge on any atom is 0.147 e. The minimum absolute atomic E-state index is 0.360. The first-order chi connectivity index (χ1) is 10.2. The Morgan fingerprint density at radius 3 is 2.67 bits per heavy atom. The molecule has 0 aliphatic rings. The van der Waals surface area contributed by atoms with Crippen LogP contribution in [0.3, 0.4) is 0 Å². The van der Waals surface area contributed by atoms with E-state index in [0.717, 1.165) is 17.0 Å². The van der Waals surface area contributed by atoms with E-state index in [-0.39, 0.29) is 0 Å². The largest absolute Gasteiger partial charge is 0.377 e. The van der Waals surface area contributed by atoms with E-state index < -0.39 is 5.82 Å². The van der Waals surface area contributed by atoms with E-state index in [2.05, 4.69) is 20.7 Å². The van der Waals surface area contributed by atoms with Gasteiger partial charge in [-0.1, -0.05) is 41.9 Å². The first-order valence-corrected chi connectivity index (χ1v) is 6.76. The molecule has 6 heteroatoms. The number of hydrogen-bond acceptors (Lipinski definition) is 3. The van der Waals surface area contributed by atoms with Gasteiger partial charge in [0.25, 0.3) is 0 Å². The Hall–Kier alpha value is -2.40. The summed E-state index contributed by atoms with van der Waals surface area (Å²) in [6.07, 6.45) is 0. The molecular formula is C15H12ClFN4. The van der Waals surface area contributed by atoms with Crippen molar-refractivity contribution in [1.82, 2.24) is 15.4 Å². The third-order valence-corrected chi connectivity index (χ3v) is 3.28. The number of halogens is 2. The van der Waals surface area contributed by atoms with Crippen molar-refractivity contribution in [2.75, 3.05) is 5.32 Å². The van der Waals surface area contributed by atoms with Crippen molar-refractivity contribution in [3.8, 4) is 11.3 Å². The fourth-order valence-electron chi connectivity index (χ4n) is 2.02. The molecule has 0 aliphatic heterocycles. The van der Waals surface area contributed by atoms with Gasteiger partial charge in [0, 0.05) is 10.6 Å². The lowest BCUT2D eigenvalue weighted by Crippen LogP contribution is -2.03. The van der Waals surface area contributed by atoms with E-state index >= 15 is 0 Å². The molecule has 4 nitrogen and oxygen atoms in total. The zero-order valence-corrected chi connectivity index (χ0v) is 11.7. The van der Waals surface area contributed by atoms with Crippen LogP contribution in [0.25, 0.3) is 11.3 Å². The minimum atomic E-state index is -0.396. The van der Waals surface area contributed by atoms with E-state index in [9.17, 15) is 4.39 Å². The average molecular weight is 303 g/mol. The molecule has 0 saturated heterocycles. The Morgan fingerprint density at radius 2 is 1.90 bits per heavy atom. The van der Waals surface area contributed by atoms with Crippen LogP contribution in [0.4, 0.5) is 10.1 Å². The third kappa shape index (κ3) is 3.03. The smallest absolute Gasteiger partial charge is 0.147 e. The number of anilines is 1. The van der Waals surface area contributed by atoms with Crippen molar-refractivity contribution in [3.05, 3.63) is 65.1 Å². The predicted molar refractivity (Wildman–Crippen MR) is 80.6 cm³/mol. The summed E-state index contributed by atoms with van der Waals surface area (Å²) in [4.78, 5) is 0. The molecule has 3 rings (SSSR count). The molecule has 2 aromatic carbocycles. The van der Waals surface area contributed by atoms with Crippen LogP contribution in [0.5, 0.6) is 0 Å². The summed E-state index contributed by atoms with van der Waals surface area (Å²) in [6.45, 7) is 0.360. The van der Waals surface area contributed by atoms with Crippen LogP contribution in [0.15, 0.2) is 48.5 Å². The second-order valence-corrected chi connectivity index (χ2v) is 4.90. The topological polar surface area (TPSA) is 53.6 Å². The van der Waals surface area contributed by atoms with Crippen molar-refractivity contribution < 1.29 is 4.39 Å². The van der Waals surface area contributed by atoms with Crippen molar-refractivity contribution in [2.45, 2.75) is 6.54 Å². The second kappa shape index (κ2) is 5.93. The van der Waals surface area contributed by atoms with Gasteiger partial charge in [-0.05, 0) is 18.2 Å². The monoisotopic (exact) mass is 302 g/mol. The highest BCUT2D eigenvalue weighted by Gasteiger charge is 2.10. The maximum atomic E-state index is 13.7. The molecule has 21 heavy (non-hydrogen) atoms. The summed E-state index contributed by atoms with van der Waals surface area (Å²) in [6, 6.07) is 14.2. The van der Waals surface area contributed by atoms with Gasteiger partial charge in [-0.25, -0.2) is 4.39 Å². The molecule has 0 unspecified atom stereocenters. The number of H-pyrrole nitrogens is 1. The number of hydrogen-bond donors (Lipinski definition) is 2. The molecule has 0 fully saturated rings. The molecule has 0 spiro atoms. The average Bonchev–Trinajstić information content (AvgIpc) is 2.96. The highest BCUT2D eigenvalue weighted by atomic mass is 35.5. The quantitative estimate of drug-likeness (QED) is 0.769. The lowest BCUT2D eigenvalue weighted by molar-refractivity contribution is 0.630. The van der Waals surface area contributed by atoms with Crippen molar-refractivity contribution in [2.24, 2.45) is 0 Å². The second-order valence-electron chi connectivity index (χ2n) is 4.46. The van der Waals surface area contributed by atoms with Crippen LogP contribution in [-0.2, 0) is 6.54 Å². The van der Waals surface area contributed by atoms with Crippen LogP contribution in [0.1, 0.15) is 5.69 Å². The van der Waals surface area contributed by atoms with Crippen LogP contribution in [0.2, 0.25) is 5.02 Å². The molecule has 3 aromatic rings. The van der Waals surface area contributed by atoms with Crippen molar-refractivity contribution in [1.29, 1.82) is 0 Å². The fraction of sp³-hybridized carbons (Fsp3) is 0.0667. The van der Waals surface area contributed by atoms with Crippen molar-refractivity contribution >= 4 is 17.3 Å². The standard InChI is InChI=1S/C15H12ClFN4/c16-11-6-7-13(12(17)8-11)18-9-14-15(20-21-19-14)10-4-2-1-3-5-10/h1-8,18H,9H2,(H,19,20,21). The first-order valence-electron chi connectivity index (χ1n) is 6.38. The first kappa shape index (κ1) is 13.6. The van der Waals surface area contributed by atoms with E-state index in [4.69, 9.17) is 11.6 Å². The molecule has 0 atom stereocenters. The Balaban J connectivity index is 1.79. The van der Waals surface area contributed by atoms with Crippen LogP contribution >= 0.6 is 11.6 Å². The Bertz CT molecular complexity index is 742. The molecule has 0 bridgehead atoms. The molecule has 2 N–H and O–H groups in total. The van der Waals surface area contributed by atoms with Gasteiger partial charge in [-0.15, -0.1) is 0 Å². The van der Waals surface area contributed by atoms with Crippen LogP contribution in [0, 0.1) is 5.82 Å². The summed E-state index contributed by atoms with van der Waals surface area (Å²) in [5, 5.41) is 14.2. The molecule has 0 amide bonds. The van der Waals surface area contributed by atoms with Gasteiger partial charge < -0.3 is 5.32 Å². The Morgan fingerprint density at radius 1 is 1.10 bits per heavy atom. The Kier molecular flexibility index (Phi) is 3.83. The highest BCUT2D eigenvalue weighted by molar-refractivity contribution is 6.30. The third-order valence-electron chi connectivity index (χ3n) is 3.04. The van der Waals surface area contributed by atoms with Gasteiger partial charge in [0.2, 0.25) is 0 Å². The van der Waals surface area contributed by atoms with Crippen molar-refractivity contribution in [3.63, 3.8) is 0 Å². The van der Waals surface area contributed by atoms with Gasteiger partial charge in [0.1, 0.15) is 17.2 Å². The van der Waals surface area contributed by atoms with Gasteiger partial charge in [0.15, 0.2) is 0 Å². The summed E-state index contributed by atoms with van der Waals surface area (Å²) in [5.74, 6) is -0.396. The molecule has 1 aromatic heterocycles. The lowest BCUT2D eigenvalue weighted by atomic mass is 10.1. The molecule has 0 radical (unpaired) electrons. The predicted octanol–water partition coefficient (Wildman–Crippen LogP) is 3.88. The van der Waals surface area contributed by atoms with Gasteiger partial charge >= 0.3 is 0 Å². The number of nitrogens with zero attached hydrogens (tertiary/aromatic N) is 2. The Labute approximate surface area is 126 Å². The fourth-order valence-corrected chi connectivity index (χ4v) is 2.17. The van der Waals surface area contributed by atoms with E-state index in [1.165, 1.54) is 6.07 Å². The molecule has 0 aliphatic carbocycles. The van der Waals surface area contributed by atoms with Gasteiger partial charge in [0.05, 0.1) is 12.2 Å². The maximum absolute atomic E-state index is 13.7. The van der Waals surface area contributed by atoms with E-state index in [1.54, 1.807) is 12.1 Å². The summed E-state index contributed by atoms with van der Waals surface area (Å²) >= 11 is 5.73. The summed E-state index contributed by atoms with van der Waals surface area (Å²) in [5.41, 5.74) is 2.80. The van der Waals surface area contributed by atoms with Gasteiger partial charge in [-0.2, -0.15) is 15.4 Å². The van der Waals surface area contributed by atoms with E-state index in [1.807, 2.05) is 30.3 Å². The number of rotatable bonds is 4. The molecular weight excluding hydrogens is 291 g/mol. The number of nitrogens with one attached hydrogen (secondary N) is 2. The van der Waals surface area contributed by atoms with E-state index in [0.29, 0.717) is 17.3 Å². The number of aromatic nitrogens is 3. The zero-order chi connectivity index (χ0) is 14.7. The van der Waals surface area contributed by atoms with Crippen LogP contribution < -0.4 is 5.32 Å². The summed E-state index contributed by atoms with van der Waals surface area (Å²) < 4.78 is 13.7. The highest BCUT2D eigenvalue weighted by Crippen LogP contribution is 2.22. The zero-order valence-electron chi connectivity index (χ0n) is 11.0. The van der Waals surface area contributed by atoms with Crippen LogP contribution in [-0.4, -0.2) is 15.4 Å². The normalized spacial score (nSPS) is 10.6. The number of benzene rings is 2. The minimum Gasteiger partial charge on any atom is -0.377 e. The SMILES string of the molecule is Fc1cc(Cl)ccc1NCc1n[nH]nc1-c1ccccc1. The number of aromatic amines is 1. The summed E-state index contributed by atoms with van der Waals surface area (Å²) in [7, 11) is 0. The van der Waals surface area contributed by atoms with Gasteiger partial charge in [-0.3, -0.25) is 0 Å². The molecule has 0 saturated carbocycles. The molecule has 106 valence electrons. The lowest BCUT2D eigenvalue weighted by Gasteiger charge is -2.07. The molecule has 1 heterocycles.